The predicted molar refractivity (Wildman–Crippen MR) is 123 cm³/mol. The highest BCUT2D eigenvalue weighted by Crippen LogP contribution is 2.32. The van der Waals surface area contributed by atoms with Gasteiger partial charge < -0.3 is 82.3 Å². The Hall–Kier alpha value is -0.640. The molecule has 2 saturated heterocycles. The van der Waals surface area contributed by atoms with Crippen molar-refractivity contribution in [2.45, 2.75) is 111 Å². The molecule has 2 aliphatic heterocycles. The number of aliphatic hydroxyl groups is 8. The number of aliphatic hydroxyl groups excluding tert-OH is 8. The van der Waals surface area contributed by atoms with E-state index in [1.165, 1.54) is 6.92 Å². The number of hydrogen-bond acceptors (Lipinski definition) is 16. The summed E-state index contributed by atoms with van der Waals surface area (Å²) in [6.45, 7) is 0.920. The summed E-state index contributed by atoms with van der Waals surface area (Å²) in [6.07, 6.45) is -16.7. The summed E-state index contributed by atoms with van der Waals surface area (Å²) in [5.74, 6) is 0. The van der Waals surface area contributed by atoms with E-state index in [0.29, 0.717) is 0 Å². The Balaban J connectivity index is 1.72. The van der Waals surface area contributed by atoms with Crippen molar-refractivity contribution >= 4 is 0 Å². The maximum absolute atomic E-state index is 10.8. The minimum Gasteiger partial charge on any atom is -0.394 e. The van der Waals surface area contributed by atoms with Gasteiger partial charge in [-0.25, -0.2) is 0 Å². The maximum Gasteiger partial charge on any atom is 0.187 e. The summed E-state index contributed by atoms with van der Waals surface area (Å²) < 4.78 is 23.0. The third-order valence-corrected chi connectivity index (χ3v) is 7.06. The molecule has 3 rings (SSSR count). The molecule has 0 radical (unpaired) electrons. The summed E-state index contributed by atoms with van der Waals surface area (Å²) in [4.78, 5) is 0. The molecule has 1 aliphatic carbocycles. The topological polar surface area (TPSA) is 289 Å². The van der Waals surface area contributed by atoms with Gasteiger partial charge in [0.15, 0.2) is 12.6 Å². The molecule has 0 amide bonds. The van der Waals surface area contributed by atoms with E-state index in [2.05, 4.69) is 5.32 Å². The van der Waals surface area contributed by atoms with Gasteiger partial charge in [-0.05, 0) is 13.3 Å². The smallest absolute Gasteiger partial charge is 0.187 e. The van der Waals surface area contributed by atoms with Gasteiger partial charge in [0.25, 0.3) is 0 Å². The molecule has 218 valence electrons. The van der Waals surface area contributed by atoms with Crippen molar-refractivity contribution in [3.63, 3.8) is 0 Å². The molecule has 3 aliphatic rings. The number of nitrogens with one attached hydrogen (secondary N) is 1. The number of nitrogens with two attached hydrogens (primary N) is 3. The van der Waals surface area contributed by atoms with Crippen LogP contribution in [0.2, 0.25) is 0 Å². The van der Waals surface area contributed by atoms with Gasteiger partial charge in [-0.1, -0.05) is 0 Å². The maximum atomic E-state index is 10.8. The van der Waals surface area contributed by atoms with Crippen molar-refractivity contribution in [2.24, 2.45) is 17.2 Å². The zero-order chi connectivity index (χ0) is 27.6. The fourth-order valence-electron chi connectivity index (χ4n) is 4.80. The lowest BCUT2D eigenvalue weighted by atomic mass is 9.84. The third kappa shape index (κ3) is 6.93. The number of hydrogen-bond donors (Lipinski definition) is 12. The van der Waals surface area contributed by atoms with E-state index < -0.39 is 104 Å². The Bertz CT molecular complexity index is 712. The Labute approximate surface area is 213 Å². The summed E-state index contributed by atoms with van der Waals surface area (Å²) in [7, 11) is 0. The minimum atomic E-state index is -1.53. The molecule has 0 spiro atoms. The normalized spacial score (nSPS) is 48.6. The molecule has 2 heterocycles. The fraction of sp³-hybridized carbons (Fsp3) is 1.00. The first kappa shape index (κ1) is 30.9. The van der Waals surface area contributed by atoms with Crippen LogP contribution in [0.15, 0.2) is 0 Å². The monoisotopic (exact) mass is 542 g/mol. The second kappa shape index (κ2) is 13.1. The highest BCUT2D eigenvalue weighted by atomic mass is 16.7. The number of rotatable bonds is 10. The minimum absolute atomic E-state index is 0.00698. The van der Waals surface area contributed by atoms with Crippen molar-refractivity contribution in [3.8, 4) is 0 Å². The van der Waals surface area contributed by atoms with Gasteiger partial charge in [-0.15, -0.1) is 0 Å². The van der Waals surface area contributed by atoms with Gasteiger partial charge in [0.2, 0.25) is 0 Å². The average molecular weight is 543 g/mol. The molecule has 16 heteroatoms. The largest absolute Gasteiger partial charge is 0.394 e. The van der Waals surface area contributed by atoms with Gasteiger partial charge >= 0.3 is 0 Å². The molecule has 0 aromatic heterocycles. The molecule has 0 aromatic rings. The first-order valence-corrected chi connectivity index (χ1v) is 12.3. The summed E-state index contributed by atoms with van der Waals surface area (Å²) in [5.41, 5.74) is 18.3. The van der Waals surface area contributed by atoms with Crippen LogP contribution in [0.25, 0.3) is 0 Å². The van der Waals surface area contributed by atoms with E-state index >= 15 is 0 Å². The molecule has 0 unspecified atom stereocenters. The van der Waals surface area contributed by atoms with E-state index in [-0.39, 0.29) is 19.5 Å². The molecule has 0 bridgehead atoms. The van der Waals surface area contributed by atoms with Crippen LogP contribution in [-0.4, -0.2) is 158 Å². The Kier molecular flexibility index (Phi) is 11.0. The molecule has 3 fully saturated rings. The Morgan fingerprint density at radius 2 is 1.49 bits per heavy atom. The predicted octanol–water partition coefficient (Wildman–Crippen LogP) is -7.28. The third-order valence-electron chi connectivity index (χ3n) is 7.06. The first-order chi connectivity index (χ1) is 17.4. The zero-order valence-corrected chi connectivity index (χ0v) is 20.5. The molecule has 16 atom stereocenters. The molecular weight excluding hydrogens is 500 g/mol. The highest BCUT2D eigenvalue weighted by Gasteiger charge is 2.52. The van der Waals surface area contributed by atoms with Gasteiger partial charge in [-0.3, -0.25) is 0 Å². The van der Waals surface area contributed by atoms with Crippen LogP contribution < -0.4 is 22.5 Å². The quantitative estimate of drug-likeness (QED) is 0.122. The van der Waals surface area contributed by atoms with Gasteiger partial charge in [0.1, 0.15) is 48.8 Å². The van der Waals surface area contributed by atoms with Crippen molar-refractivity contribution < 1.29 is 59.8 Å². The summed E-state index contributed by atoms with van der Waals surface area (Å²) in [6, 6.07) is -2.90. The zero-order valence-electron chi connectivity index (χ0n) is 20.5. The first-order valence-electron chi connectivity index (χ1n) is 12.3. The standard InChI is InChI=1S/C21H42N4O12/c1-6(27)17-15(32)14(31)11(24)20(35-17)36-18-9(23)2-8(22)12(29)19(18)37-21-16(33)13(30)10(34-21)4-25-3-7(28)5-26/h6-21,25-33H,2-5,22-24H2,1H3/t6-,7+,8-,9+,10-,11-,12+,13-,14-,15+,16-,17-,18-,19-,20-,21+/m1/s1. The van der Waals surface area contributed by atoms with Crippen LogP contribution in [0, 0.1) is 0 Å². The molecular formula is C21H42N4O12. The van der Waals surface area contributed by atoms with Crippen LogP contribution in [0.5, 0.6) is 0 Å². The van der Waals surface area contributed by atoms with Crippen LogP contribution >= 0.6 is 0 Å². The molecule has 16 nitrogen and oxygen atoms in total. The van der Waals surface area contributed by atoms with Crippen LogP contribution in [0.1, 0.15) is 13.3 Å². The van der Waals surface area contributed by atoms with E-state index in [1.807, 2.05) is 0 Å². The Morgan fingerprint density at radius 3 is 2.11 bits per heavy atom. The molecule has 1 saturated carbocycles. The van der Waals surface area contributed by atoms with Crippen molar-refractivity contribution in [2.75, 3.05) is 19.7 Å². The van der Waals surface area contributed by atoms with Crippen molar-refractivity contribution in [3.05, 3.63) is 0 Å². The molecule has 15 N–H and O–H groups in total. The van der Waals surface area contributed by atoms with Crippen LogP contribution in [-0.2, 0) is 18.9 Å². The van der Waals surface area contributed by atoms with Crippen LogP contribution in [0.4, 0.5) is 0 Å². The number of ether oxygens (including phenoxy) is 4. The van der Waals surface area contributed by atoms with E-state index in [9.17, 15) is 35.7 Å². The second-order valence-corrected chi connectivity index (χ2v) is 10.0. The lowest BCUT2D eigenvalue weighted by Crippen LogP contribution is -2.68. The SMILES string of the molecule is C[C@@H](O)[C@H]1O[C@H](O[C@H]2[C@H](O[C@@H]3O[C@H](CNC[C@H](O)CO)[C@@H](O)[C@H]3O)[C@@H](O)[C@H](N)C[C@@H]2N)[C@H](N)[C@@H](O)[C@@H]1O. The van der Waals surface area contributed by atoms with E-state index in [1.54, 1.807) is 0 Å². The lowest BCUT2D eigenvalue weighted by molar-refractivity contribution is -0.315. The Morgan fingerprint density at radius 1 is 0.838 bits per heavy atom. The average Bonchev–Trinajstić information content (AvgIpc) is 3.11. The summed E-state index contributed by atoms with van der Waals surface area (Å²) >= 11 is 0. The summed E-state index contributed by atoms with van der Waals surface area (Å²) in [5, 5.41) is 83.3. The lowest BCUT2D eigenvalue weighted by Gasteiger charge is -2.47. The van der Waals surface area contributed by atoms with Crippen molar-refractivity contribution in [1.29, 1.82) is 0 Å². The fourth-order valence-corrected chi connectivity index (χ4v) is 4.80. The molecule has 0 aromatic carbocycles. The van der Waals surface area contributed by atoms with Crippen LogP contribution in [0.3, 0.4) is 0 Å². The van der Waals surface area contributed by atoms with Gasteiger partial charge in [0.05, 0.1) is 31.0 Å². The van der Waals surface area contributed by atoms with Gasteiger partial charge in [-0.2, -0.15) is 0 Å². The highest BCUT2D eigenvalue weighted by molar-refractivity contribution is 5.01. The second-order valence-electron chi connectivity index (χ2n) is 10.0. The van der Waals surface area contributed by atoms with E-state index in [0.717, 1.165) is 0 Å². The van der Waals surface area contributed by atoms with E-state index in [4.69, 9.17) is 41.3 Å². The van der Waals surface area contributed by atoms with Crippen molar-refractivity contribution in [1.82, 2.24) is 5.32 Å². The van der Waals surface area contributed by atoms with Gasteiger partial charge in [0, 0.05) is 25.2 Å². The molecule has 37 heavy (non-hydrogen) atoms.